The van der Waals surface area contributed by atoms with Crippen molar-refractivity contribution in [3.63, 3.8) is 0 Å². The van der Waals surface area contributed by atoms with E-state index in [0.29, 0.717) is 63.2 Å². The van der Waals surface area contributed by atoms with Gasteiger partial charge in [-0.3, -0.25) is 19.2 Å². The molecule has 0 aromatic heterocycles. The van der Waals surface area contributed by atoms with Gasteiger partial charge in [0.05, 0.1) is 12.0 Å². The number of rotatable bonds is 19. The van der Waals surface area contributed by atoms with E-state index in [1.807, 2.05) is 70.1 Å². The normalized spacial score (nSPS) is 12.2. The zero-order valence-electron chi connectivity index (χ0n) is 26.8. The quantitative estimate of drug-likeness (QED) is 0.164. The molecule has 0 unspecified atom stereocenters. The van der Waals surface area contributed by atoms with Crippen LogP contribution in [0.2, 0.25) is 0 Å². The van der Waals surface area contributed by atoms with Crippen LogP contribution in [0.25, 0.3) is 0 Å². The number of terminal acetylenes is 1. The van der Waals surface area contributed by atoms with Gasteiger partial charge in [0.2, 0.25) is 17.7 Å². The fourth-order valence-electron chi connectivity index (χ4n) is 4.66. The van der Waals surface area contributed by atoms with E-state index in [-0.39, 0.29) is 30.2 Å². The molecule has 0 radical (unpaired) electrons. The van der Waals surface area contributed by atoms with Crippen LogP contribution in [0.4, 0.5) is 0 Å². The van der Waals surface area contributed by atoms with Crippen LogP contribution in [0.1, 0.15) is 108 Å². The van der Waals surface area contributed by atoms with Crippen molar-refractivity contribution < 1.29 is 24.3 Å². The summed E-state index contributed by atoms with van der Waals surface area (Å²) in [6.07, 6.45) is 7.71. The summed E-state index contributed by atoms with van der Waals surface area (Å²) in [6.45, 7) is 21.2. The number of nitrogens with zero attached hydrogens (tertiary/aromatic N) is 3. The largest absolute Gasteiger partial charge is 0.481 e. The summed E-state index contributed by atoms with van der Waals surface area (Å²) in [5, 5.41) is 8.91. The van der Waals surface area contributed by atoms with Crippen molar-refractivity contribution in [3.8, 4) is 12.3 Å². The second-order valence-corrected chi connectivity index (χ2v) is 13.6. The maximum atomic E-state index is 13.5. The van der Waals surface area contributed by atoms with Crippen molar-refractivity contribution in [2.45, 2.75) is 125 Å². The van der Waals surface area contributed by atoms with E-state index in [1.54, 1.807) is 0 Å². The average Bonchev–Trinajstić information content (AvgIpc) is 2.86. The van der Waals surface area contributed by atoms with Gasteiger partial charge in [0.15, 0.2) is 0 Å². The van der Waals surface area contributed by atoms with Crippen LogP contribution in [-0.4, -0.2) is 91.8 Å². The highest BCUT2D eigenvalue weighted by molar-refractivity contribution is 7.99. The molecule has 0 bridgehead atoms. The van der Waals surface area contributed by atoms with E-state index in [0.717, 1.165) is 0 Å². The zero-order valence-corrected chi connectivity index (χ0v) is 27.6. The number of hydrogen-bond donors (Lipinski definition) is 1. The SMILES string of the molecule is C#CCCCC(=O)N(CC(C)(C)C(C)(C)N(CC(C)(C)N(CCSCCC(=O)O)C(=O)CC)C(=O)CC)C(C)C. The van der Waals surface area contributed by atoms with E-state index >= 15 is 0 Å². The van der Waals surface area contributed by atoms with E-state index in [2.05, 4.69) is 19.8 Å². The molecule has 0 aromatic rings. The summed E-state index contributed by atoms with van der Waals surface area (Å²) < 4.78 is 0. The predicted molar refractivity (Wildman–Crippen MR) is 165 cm³/mol. The fourth-order valence-corrected chi connectivity index (χ4v) is 5.50. The van der Waals surface area contributed by atoms with Crippen LogP contribution in [0, 0.1) is 17.8 Å². The highest BCUT2D eigenvalue weighted by Gasteiger charge is 2.47. The van der Waals surface area contributed by atoms with Gasteiger partial charge in [-0.15, -0.1) is 12.3 Å². The highest BCUT2D eigenvalue weighted by atomic mass is 32.2. The molecule has 40 heavy (non-hydrogen) atoms. The van der Waals surface area contributed by atoms with Crippen LogP contribution < -0.4 is 0 Å². The molecule has 9 heteroatoms. The summed E-state index contributed by atoms with van der Waals surface area (Å²) in [4.78, 5) is 56.2. The fraction of sp³-hybridized carbons (Fsp3) is 0.806. The van der Waals surface area contributed by atoms with Gasteiger partial charge in [-0.05, 0) is 48.0 Å². The van der Waals surface area contributed by atoms with Crippen LogP contribution in [-0.2, 0) is 19.2 Å². The summed E-state index contributed by atoms with van der Waals surface area (Å²) in [7, 11) is 0. The van der Waals surface area contributed by atoms with Gasteiger partial charge in [-0.2, -0.15) is 11.8 Å². The lowest BCUT2D eigenvalue weighted by Crippen LogP contribution is -2.65. The zero-order chi connectivity index (χ0) is 31.3. The van der Waals surface area contributed by atoms with Gasteiger partial charge in [-0.25, -0.2) is 0 Å². The molecule has 8 nitrogen and oxygen atoms in total. The standard InChI is InChI=1S/C31H55N3O5S/c1-12-15-16-17-27(37)32(24(4)5)22-29(6,7)31(10,11)34(26(36)14-3)23-30(8,9)33(25(35)13-2)19-21-40-20-18-28(38)39/h1,24H,13-23H2,2-11H3,(H,38,39). The Morgan fingerprint density at radius 3 is 1.88 bits per heavy atom. The third-order valence-corrected chi connectivity index (χ3v) is 8.92. The summed E-state index contributed by atoms with van der Waals surface area (Å²) in [5.41, 5.74) is -1.80. The van der Waals surface area contributed by atoms with E-state index in [4.69, 9.17) is 11.5 Å². The second-order valence-electron chi connectivity index (χ2n) is 12.4. The molecule has 1 N–H and O–H groups in total. The minimum Gasteiger partial charge on any atom is -0.481 e. The molecule has 0 aromatic carbocycles. The van der Waals surface area contributed by atoms with Crippen LogP contribution in [0.3, 0.4) is 0 Å². The second kappa shape index (κ2) is 16.9. The molecule has 3 amide bonds. The molecule has 0 fully saturated rings. The average molecular weight is 582 g/mol. The van der Waals surface area contributed by atoms with Crippen molar-refractivity contribution in [1.82, 2.24) is 14.7 Å². The lowest BCUT2D eigenvalue weighted by Gasteiger charge is -2.54. The Hall–Kier alpha value is -2.21. The molecule has 0 atom stereocenters. The third kappa shape index (κ3) is 11.3. The molecule has 0 rings (SSSR count). The Bertz CT molecular complexity index is 892. The number of carboxylic acid groups (broad SMARTS) is 1. The number of thioether (sulfide) groups is 1. The van der Waals surface area contributed by atoms with Crippen molar-refractivity contribution in [3.05, 3.63) is 0 Å². The lowest BCUT2D eigenvalue weighted by atomic mass is 9.72. The summed E-state index contributed by atoms with van der Waals surface area (Å²) >= 11 is 1.51. The Kier molecular flexibility index (Phi) is 16.0. The van der Waals surface area contributed by atoms with E-state index < -0.39 is 22.5 Å². The topological polar surface area (TPSA) is 98.2 Å². The van der Waals surface area contributed by atoms with Gasteiger partial charge in [0, 0.05) is 73.8 Å². The number of hydrogen-bond acceptors (Lipinski definition) is 5. The molecular weight excluding hydrogens is 526 g/mol. The number of aliphatic carboxylic acids is 1. The van der Waals surface area contributed by atoms with Crippen LogP contribution >= 0.6 is 11.8 Å². The maximum absolute atomic E-state index is 13.5. The number of carboxylic acids is 1. The molecular formula is C31H55N3O5S. The molecule has 0 saturated heterocycles. The van der Waals surface area contributed by atoms with Gasteiger partial charge >= 0.3 is 5.97 Å². The predicted octanol–water partition coefficient (Wildman–Crippen LogP) is 5.30. The highest BCUT2D eigenvalue weighted by Crippen LogP contribution is 2.39. The third-order valence-electron chi connectivity index (χ3n) is 7.95. The Labute approximate surface area is 248 Å². The number of carbonyl (C=O) groups excluding carboxylic acids is 3. The first-order valence-electron chi connectivity index (χ1n) is 14.5. The van der Waals surface area contributed by atoms with Gasteiger partial charge in [-0.1, -0.05) is 27.7 Å². The minimum absolute atomic E-state index is 0.00327. The first-order valence-corrected chi connectivity index (χ1v) is 15.7. The van der Waals surface area contributed by atoms with Crippen LogP contribution in [0.5, 0.6) is 0 Å². The van der Waals surface area contributed by atoms with E-state index in [9.17, 15) is 19.2 Å². The van der Waals surface area contributed by atoms with Crippen molar-refractivity contribution >= 4 is 35.5 Å². The number of unbranched alkanes of at least 4 members (excludes halogenated alkanes) is 1. The van der Waals surface area contributed by atoms with Gasteiger partial charge in [0.25, 0.3) is 0 Å². The van der Waals surface area contributed by atoms with Crippen LogP contribution in [0.15, 0.2) is 0 Å². The first kappa shape index (κ1) is 37.8. The number of amides is 3. The van der Waals surface area contributed by atoms with Gasteiger partial charge in [0.1, 0.15) is 0 Å². The number of carbonyl (C=O) groups is 4. The van der Waals surface area contributed by atoms with Crippen molar-refractivity contribution in [2.24, 2.45) is 5.41 Å². The molecule has 0 heterocycles. The molecule has 0 aliphatic carbocycles. The van der Waals surface area contributed by atoms with Crippen molar-refractivity contribution in [2.75, 3.05) is 31.1 Å². The van der Waals surface area contributed by atoms with E-state index in [1.165, 1.54) is 11.8 Å². The maximum Gasteiger partial charge on any atom is 0.304 e. The molecule has 0 spiro atoms. The first-order chi connectivity index (χ1) is 18.4. The molecule has 230 valence electrons. The van der Waals surface area contributed by atoms with Crippen molar-refractivity contribution in [1.29, 1.82) is 0 Å². The minimum atomic E-state index is -0.835. The lowest BCUT2D eigenvalue weighted by molar-refractivity contribution is -0.151. The monoisotopic (exact) mass is 581 g/mol. The van der Waals surface area contributed by atoms with Gasteiger partial charge < -0.3 is 19.8 Å². The smallest absolute Gasteiger partial charge is 0.304 e. The molecule has 0 saturated carbocycles. The Morgan fingerprint density at radius 2 is 1.40 bits per heavy atom. The summed E-state index contributed by atoms with van der Waals surface area (Å²) in [6, 6.07) is -0.00327. The Morgan fingerprint density at radius 1 is 0.850 bits per heavy atom. The molecule has 0 aliphatic heterocycles. The Balaban J connectivity index is 6.10. The summed E-state index contributed by atoms with van der Waals surface area (Å²) in [5.74, 6) is 2.90. The molecule has 0 aliphatic rings.